The highest BCUT2D eigenvalue weighted by atomic mass is 35.5. The van der Waals surface area contributed by atoms with Crippen LogP contribution in [0.3, 0.4) is 0 Å². The number of aromatic nitrogens is 1. The standard InChI is InChI=1S/C19H25Cl2N5O3S/c20-13-7-12-10-26(9-11-3-2-6-23-8-11)30(28,29)25-18(12)19-16(13)17(21)14(24-19)4-1-5-15(22)27/h7,11,23-25H,1-6,8-10H2,(H2,22,27). The van der Waals surface area contributed by atoms with E-state index in [1.54, 1.807) is 6.07 Å². The molecule has 30 heavy (non-hydrogen) atoms. The zero-order chi connectivity index (χ0) is 21.5. The number of carbonyl (C=O) groups excluding carboxylic acids is 1. The highest BCUT2D eigenvalue weighted by molar-refractivity contribution is 7.90. The van der Waals surface area contributed by atoms with Crippen molar-refractivity contribution in [1.29, 1.82) is 0 Å². The van der Waals surface area contributed by atoms with E-state index >= 15 is 0 Å². The first-order valence-electron chi connectivity index (χ1n) is 10.0. The van der Waals surface area contributed by atoms with Crippen LogP contribution < -0.4 is 15.8 Å². The number of primary amides is 1. The van der Waals surface area contributed by atoms with Gasteiger partial charge in [-0.3, -0.25) is 9.52 Å². The Hall–Kier alpha value is -1.52. The molecule has 1 atom stereocenters. The van der Waals surface area contributed by atoms with E-state index in [0.29, 0.717) is 51.7 Å². The predicted octanol–water partition coefficient (Wildman–Crippen LogP) is 2.75. The maximum atomic E-state index is 12.9. The molecule has 5 N–H and O–H groups in total. The summed E-state index contributed by atoms with van der Waals surface area (Å²) in [4.78, 5) is 14.2. The van der Waals surface area contributed by atoms with Crippen molar-refractivity contribution < 1.29 is 13.2 Å². The average Bonchev–Trinajstić information content (AvgIpc) is 3.01. The Bertz CT molecular complexity index is 1080. The molecule has 164 valence electrons. The Kier molecular flexibility index (Phi) is 6.18. The van der Waals surface area contributed by atoms with Crippen molar-refractivity contribution in [2.45, 2.75) is 38.6 Å². The van der Waals surface area contributed by atoms with Crippen LogP contribution in [0.5, 0.6) is 0 Å². The number of nitrogens with two attached hydrogens (primary N) is 1. The first kappa shape index (κ1) is 21.7. The van der Waals surface area contributed by atoms with Gasteiger partial charge in [0.1, 0.15) is 0 Å². The van der Waals surface area contributed by atoms with E-state index < -0.39 is 10.2 Å². The Morgan fingerprint density at radius 1 is 1.33 bits per heavy atom. The number of aromatic amines is 1. The van der Waals surface area contributed by atoms with E-state index in [-0.39, 0.29) is 24.8 Å². The van der Waals surface area contributed by atoms with Crippen LogP contribution >= 0.6 is 23.2 Å². The highest BCUT2D eigenvalue weighted by Crippen LogP contribution is 2.42. The molecule has 0 saturated carbocycles. The molecule has 0 spiro atoms. The monoisotopic (exact) mass is 473 g/mol. The van der Waals surface area contributed by atoms with Gasteiger partial charge in [0.15, 0.2) is 0 Å². The van der Waals surface area contributed by atoms with Crippen molar-refractivity contribution in [3.05, 3.63) is 27.4 Å². The SMILES string of the molecule is NC(=O)CCCc1[nH]c2c3c(cc(Cl)c2c1Cl)CN(CC1CCCNC1)S(=O)(=O)N3. The summed E-state index contributed by atoms with van der Waals surface area (Å²) in [5.41, 5.74) is 7.76. The summed E-state index contributed by atoms with van der Waals surface area (Å²) in [5.74, 6) is -0.0912. The number of nitrogens with zero attached hydrogens (tertiary/aromatic N) is 1. The third-order valence-electron chi connectivity index (χ3n) is 5.75. The largest absolute Gasteiger partial charge is 0.370 e. The summed E-state index contributed by atoms with van der Waals surface area (Å²) < 4.78 is 30.1. The molecule has 1 aromatic carbocycles. The van der Waals surface area contributed by atoms with Gasteiger partial charge in [-0.1, -0.05) is 23.2 Å². The van der Waals surface area contributed by atoms with Crippen molar-refractivity contribution in [2.24, 2.45) is 11.7 Å². The number of rotatable bonds is 6. The smallest absolute Gasteiger partial charge is 0.302 e. The van der Waals surface area contributed by atoms with Gasteiger partial charge in [0.2, 0.25) is 5.91 Å². The molecule has 1 amide bonds. The summed E-state index contributed by atoms with van der Waals surface area (Å²) in [6.07, 6.45) is 3.35. The summed E-state index contributed by atoms with van der Waals surface area (Å²) in [6, 6.07) is 1.78. The number of hydrogen-bond acceptors (Lipinski definition) is 4. The van der Waals surface area contributed by atoms with Crippen molar-refractivity contribution >= 4 is 55.9 Å². The Labute approximate surface area is 185 Å². The molecule has 2 aliphatic rings. The number of fused-ring (bicyclic) bond motifs is 3. The maximum absolute atomic E-state index is 12.9. The highest BCUT2D eigenvalue weighted by Gasteiger charge is 2.34. The second kappa shape index (κ2) is 8.55. The second-order valence-electron chi connectivity index (χ2n) is 7.99. The van der Waals surface area contributed by atoms with Crippen LogP contribution in [0, 0.1) is 5.92 Å². The number of benzene rings is 1. The molecule has 4 rings (SSSR count). The Morgan fingerprint density at radius 2 is 2.13 bits per heavy atom. The van der Waals surface area contributed by atoms with E-state index in [2.05, 4.69) is 15.0 Å². The normalized spacial score (nSPS) is 21.3. The zero-order valence-corrected chi connectivity index (χ0v) is 18.8. The molecule has 1 saturated heterocycles. The fourth-order valence-corrected chi connectivity index (χ4v) is 6.29. The molecule has 3 heterocycles. The Balaban J connectivity index is 1.66. The van der Waals surface area contributed by atoms with Gasteiger partial charge in [-0.05, 0) is 56.3 Å². The number of anilines is 1. The number of carbonyl (C=O) groups is 1. The van der Waals surface area contributed by atoms with Crippen molar-refractivity contribution in [1.82, 2.24) is 14.6 Å². The first-order chi connectivity index (χ1) is 14.3. The van der Waals surface area contributed by atoms with Gasteiger partial charge in [0, 0.05) is 30.6 Å². The fourth-order valence-electron chi connectivity index (χ4n) is 4.25. The van der Waals surface area contributed by atoms with Crippen molar-refractivity contribution in [2.75, 3.05) is 24.4 Å². The number of piperidine rings is 1. The van der Waals surface area contributed by atoms with Crippen LogP contribution in [0.2, 0.25) is 10.0 Å². The van der Waals surface area contributed by atoms with Crippen LogP contribution in [0.25, 0.3) is 10.9 Å². The van der Waals surface area contributed by atoms with E-state index in [0.717, 1.165) is 31.5 Å². The third kappa shape index (κ3) is 4.27. The quantitative estimate of drug-likeness (QED) is 0.515. The number of halogens is 2. The number of amides is 1. The van der Waals surface area contributed by atoms with Crippen molar-refractivity contribution in [3.63, 3.8) is 0 Å². The molecule has 2 aromatic rings. The molecule has 2 aliphatic heterocycles. The van der Waals surface area contributed by atoms with E-state index in [4.69, 9.17) is 28.9 Å². The lowest BCUT2D eigenvalue weighted by Crippen LogP contribution is -2.45. The number of aryl methyl sites for hydroxylation is 1. The predicted molar refractivity (Wildman–Crippen MR) is 119 cm³/mol. The van der Waals surface area contributed by atoms with E-state index in [1.807, 2.05) is 0 Å². The minimum Gasteiger partial charge on any atom is -0.370 e. The molecule has 0 bridgehead atoms. The van der Waals surface area contributed by atoms with Crippen LogP contribution in [-0.2, 0) is 28.0 Å². The molecule has 1 unspecified atom stereocenters. The molecule has 0 aliphatic carbocycles. The van der Waals surface area contributed by atoms with E-state index in [1.165, 1.54) is 4.31 Å². The molecule has 1 aromatic heterocycles. The topological polar surface area (TPSA) is 120 Å². The fraction of sp³-hybridized carbons (Fsp3) is 0.526. The van der Waals surface area contributed by atoms with Gasteiger partial charge >= 0.3 is 10.2 Å². The van der Waals surface area contributed by atoms with Crippen molar-refractivity contribution in [3.8, 4) is 0 Å². The summed E-state index contributed by atoms with van der Waals surface area (Å²) in [7, 11) is -3.68. The summed E-state index contributed by atoms with van der Waals surface area (Å²) in [6.45, 7) is 2.51. The van der Waals surface area contributed by atoms with E-state index in [9.17, 15) is 13.2 Å². The lowest BCUT2D eigenvalue weighted by molar-refractivity contribution is -0.118. The molecule has 1 fully saturated rings. The van der Waals surface area contributed by atoms with Gasteiger partial charge < -0.3 is 16.0 Å². The summed E-state index contributed by atoms with van der Waals surface area (Å²) >= 11 is 13.0. The van der Waals surface area contributed by atoms with Crippen LogP contribution in [0.15, 0.2) is 6.07 Å². The lowest BCUT2D eigenvalue weighted by atomic mass is 9.99. The minimum atomic E-state index is -3.68. The summed E-state index contributed by atoms with van der Waals surface area (Å²) in [5, 5.41) is 4.81. The molecule has 11 heteroatoms. The number of hydrogen-bond donors (Lipinski definition) is 4. The number of H-pyrrole nitrogens is 1. The lowest BCUT2D eigenvalue weighted by Gasteiger charge is -2.33. The number of nitrogens with one attached hydrogen (secondary N) is 3. The zero-order valence-electron chi connectivity index (χ0n) is 16.4. The molecule has 0 radical (unpaired) electrons. The third-order valence-corrected chi connectivity index (χ3v) is 7.88. The first-order valence-corrected chi connectivity index (χ1v) is 12.2. The van der Waals surface area contributed by atoms with Gasteiger partial charge in [-0.2, -0.15) is 12.7 Å². The van der Waals surface area contributed by atoms with Gasteiger partial charge in [-0.15, -0.1) is 0 Å². The van der Waals surface area contributed by atoms with Gasteiger partial charge in [-0.25, -0.2) is 0 Å². The molecular formula is C19H25Cl2N5O3S. The van der Waals surface area contributed by atoms with Crippen LogP contribution in [-0.4, -0.2) is 43.2 Å². The molecule has 8 nitrogen and oxygen atoms in total. The van der Waals surface area contributed by atoms with Gasteiger partial charge in [0.25, 0.3) is 0 Å². The minimum absolute atomic E-state index is 0.245. The average molecular weight is 474 g/mol. The Morgan fingerprint density at radius 3 is 2.83 bits per heavy atom. The van der Waals surface area contributed by atoms with Gasteiger partial charge in [0.05, 0.1) is 21.2 Å². The maximum Gasteiger partial charge on any atom is 0.302 e. The van der Waals surface area contributed by atoms with Crippen LogP contribution in [0.4, 0.5) is 5.69 Å². The second-order valence-corrected chi connectivity index (χ2v) is 10.4. The van der Waals surface area contributed by atoms with Crippen LogP contribution in [0.1, 0.15) is 36.9 Å². The molecular weight excluding hydrogens is 449 g/mol.